The number of aryl methyl sites for hydroxylation is 1. The molecule has 1 fully saturated rings. The van der Waals surface area contributed by atoms with Gasteiger partial charge in [-0.15, -0.1) is 0 Å². The Balaban J connectivity index is 1.99. The lowest BCUT2D eigenvalue weighted by Crippen LogP contribution is -2.51. The minimum absolute atomic E-state index is 0.00584. The van der Waals surface area contributed by atoms with Crippen molar-refractivity contribution in [1.29, 1.82) is 0 Å². The molecule has 5 nitrogen and oxygen atoms in total. The molecule has 0 aromatic heterocycles. The van der Waals surface area contributed by atoms with Crippen LogP contribution in [0.1, 0.15) is 18.9 Å². The van der Waals surface area contributed by atoms with Gasteiger partial charge in [0.1, 0.15) is 5.75 Å². The number of rotatable bonds is 5. The molecule has 5 heteroatoms. The first-order valence-electron chi connectivity index (χ1n) is 7.36. The molecule has 2 amide bonds. The molecule has 1 heterocycles. The van der Waals surface area contributed by atoms with Crippen LogP contribution in [0.25, 0.3) is 0 Å². The fraction of sp³-hybridized carbons (Fsp3) is 0.500. The van der Waals surface area contributed by atoms with E-state index in [2.05, 4.69) is 0 Å². The average Bonchev–Trinajstić information content (AvgIpc) is 2.53. The van der Waals surface area contributed by atoms with Crippen LogP contribution in [0.3, 0.4) is 0 Å². The summed E-state index contributed by atoms with van der Waals surface area (Å²) in [5.41, 5.74) is 1.02. The highest BCUT2D eigenvalue weighted by Crippen LogP contribution is 2.20. The zero-order valence-electron chi connectivity index (χ0n) is 12.6. The first kappa shape index (κ1) is 15.4. The monoisotopic (exact) mass is 290 g/mol. The van der Waals surface area contributed by atoms with Crippen LogP contribution in [0, 0.1) is 6.92 Å². The molecule has 0 bridgehead atoms. The van der Waals surface area contributed by atoms with E-state index in [1.54, 1.807) is 9.80 Å². The Morgan fingerprint density at radius 1 is 1.29 bits per heavy atom. The number of piperazine rings is 1. The van der Waals surface area contributed by atoms with Crippen molar-refractivity contribution in [3.63, 3.8) is 0 Å². The smallest absolute Gasteiger partial charge is 0.263 e. The number of hydrogen-bond acceptors (Lipinski definition) is 3. The van der Waals surface area contributed by atoms with Gasteiger partial charge in [-0.05, 0) is 25.0 Å². The average molecular weight is 290 g/mol. The maximum absolute atomic E-state index is 12.5. The van der Waals surface area contributed by atoms with Crippen molar-refractivity contribution >= 4 is 12.3 Å². The van der Waals surface area contributed by atoms with E-state index in [1.807, 2.05) is 38.1 Å². The Bertz CT molecular complexity index is 496. The molecule has 0 spiro atoms. The predicted molar refractivity (Wildman–Crippen MR) is 80.1 cm³/mol. The minimum Gasteiger partial charge on any atom is -0.480 e. The van der Waals surface area contributed by atoms with Gasteiger partial charge in [-0.3, -0.25) is 9.59 Å². The normalized spacial score (nSPS) is 16.5. The van der Waals surface area contributed by atoms with Crippen LogP contribution in [0.4, 0.5) is 0 Å². The number of para-hydroxylation sites is 1. The third-order valence-electron chi connectivity index (χ3n) is 3.78. The second-order valence-electron chi connectivity index (χ2n) is 5.25. The zero-order valence-corrected chi connectivity index (χ0v) is 12.6. The number of ether oxygens (including phenoxy) is 1. The Hall–Kier alpha value is -2.04. The standard InChI is InChI=1S/C16H22N2O3/c1-3-14(21-15-7-5-4-6-13(15)2)16(20)18-10-8-17(12-19)9-11-18/h4-7,12,14H,3,8-11H2,1-2H3/t14-/m0/s1. The van der Waals surface area contributed by atoms with Crippen LogP contribution in [-0.2, 0) is 9.59 Å². The van der Waals surface area contributed by atoms with Gasteiger partial charge >= 0.3 is 0 Å². The predicted octanol–water partition coefficient (Wildman–Crippen LogP) is 1.45. The van der Waals surface area contributed by atoms with Crippen molar-refractivity contribution in [1.82, 2.24) is 9.80 Å². The molecule has 1 aliphatic heterocycles. The molecule has 114 valence electrons. The molecule has 21 heavy (non-hydrogen) atoms. The number of benzene rings is 1. The van der Waals surface area contributed by atoms with E-state index in [-0.39, 0.29) is 5.91 Å². The van der Waals surface area contributed by atoms with Gasteiger partial charge in [0, 0.05) is 26.2 Å². The van der Waals surface area contributed by atoms with Gasteiger partial charge in [-0.1, -0.05) is 25.1 Å². The number of nitrogens with zero attached hydrogens (tertiary/aromatic N) is 2. The van der Waals surface area contributed by atoms with Gasteiger partial charge in [0.05, 0.1) is 0 Å². The first-order valence-corrected chi connectivity index (χ1v) is 7.36. The highest BCUT2D eigenvalue weighted by atomic mass is 16.5. The molecule has 1 saturated heterocycles. The maximum Gasteiger partial charge on any atom is 0.263 e. The molecule has 2 rings (SSSR count). The van der Waals surface area contributed by atoms with Gasteiger partial charge in [-0.25, -0.2) is 0 Å². The molecular formula is C16H22N2O3. The molecule has 0 N–H and O–H groups in total. The molecule has 1 aromatic rings. The molecule has 1 atom stereocenters. The third kappa shape index (κ3) is 3.74. The van der Waals surface area contributed by atoms with Crippen molar-refractivity contribution in [2.24, 2.45) is 0 Å². The SMILES string of the molecule is CC[C@H](Oc1ccccc1C)C(=O)N1CCN(C=O)CC1. The minimum atomic E-state index is -0.464. The van der Waals surface area contributed by atoms with Gasteiger partial charge in [-0.2, -0.15) is 0 Å². The van der Waals surface area contributed by atoms with Crippen LogP contribution in [-0.4, -0.2) is 54.4 Å². The second kappa shape index (κ2) is 7.11. The fourth-order valence-electron chi connectivity index (χ4n) is 2.40. The first-order chi connectivity index (χ1) is 10.2. The Morgan fingerprint density at radius 3 is 2.52 bits per heavy atom. The van der Waals surface area contributed by atoms with E-state index >= 15 is 0 Å². The van der Waals surface area contributed by atoms with Crippen molar-refractivity contribution in [2.75, 3.05) is 26.2 Å². The molecule has 0 unspecified atom stereocenters. The summed E-state index contributed by atoms with van der Waals surface area (Å²) < 4.78 is 5.89. The van der Waals surface area contributed by atoms with Crippen LogP contribution in [0.2, 0.25) is 0 Å². The molecule has 0 aliphatic carbocycles. The third-order valence-corrected chi connectivity index (χ3v) is 3.78. The Morgan fingerprint density at radius 2 is 1.95 bits per heavy atom. The highest BCUT2D eigenvalue weighted by molar-refractivity contribution is 5.81. The number of hydrogen-bond donors (Lipinski definition) is 0. The molecule has 0 saturated carbocycles. The van der Waals surface area contributed by atoms with Gasteiger partial charge < -0.3 is 14.5 Å². The van der Waals surface area contributed by atoms with E-state index in [0.29, 0.717) is 32.6 Å². The lowest BCUT2D eigenvalue weighted by atomic mass is 10.2. The molecule has 1 aromatic carbocycles. The Kier molecular flexibility index (Phi) is 5.20. The van der Waals surface area contributed by atoms with E-state index < -0.39 is 6.10 Å². The second-order valence-corrected chi connectivity index (χ2v) is 5.25. The quantitative estimate of drug-likeness (QED) is 0.771. The van der Waals surface area contributed by atoms with Gasteiger partial charge in [0.15, 0.2) is 6.10 Å². The molecule has 0 radical (unpaired) electrons. The van der Waals surface area contributed by atoms with Crippen LogP contribution in [0.5, 0.6) is 5.75 Å². The number of carbonyl (C=O) groups excluding carboxylic acids is 2. The van der Waals surface area contributed by atoms with E-state index in [1.165, 1.54) is 0 Å². The van der Waals surface area contributed by atoms with Crippen LogP contribution >= 0.6 is 0 Å². The molecular weight excluding hydrogens is 268 g/mol. The Labute approximate surface area is 125 Å². The summed E-state index contributed by atoms with van der Waals surface area (Å²) in [4.78, 5) is 26.7. The number of amides is 2. The van der Waals surface area contributed by atoms with Gasteiger partial charge in [0.25, 0.3) is 5.91 Å². The van der Waals surface area contributed by atoms with E-state index in [4.69, 9.17) is 4.74 Å². The van der Waals surface area contributed by atoms with E-state index in [0.717, 1.165) is 17.7 Å². The summed E-state index contributed by atoms with van der Waals surface area (Å²) >= 11 is 0. The lowest BCUT2D eigenvalue weighted by Gasteiger charge is -2.34. The summed E-state index contributed by atoms with van der Waals surface area (Å²) in [7, 11) is 0. The zero-order chi connectivity index (χ0) is 15.2. The topological polar surface area (TPSA) is 49.9 Å². The fourth-order valence-corrected chi connectivity index (χ4v) is 2.40. The van der Waals surface area contributed by atoms with Crippen molar-refractivity contribution in [3.8, 4) is 5.75 Å². The van der Waals surface area contributed by atoms with Gasteiger partial charge in [0.2, 0.25) is 6.41 Å². The molecule has 1 aliphatic rings. The van der Waals surface area contributed by atoms with Crippen LogP contribution in [0.15, 0.2) is 24.3 Å². The van der Waals surface area contributed by atoms with Crippen molar-refractivity contribution in [2.45, 2.75) is 26.4 Å². The summed E-state index contributed by atoms with van der Waals surface area (Å²) in [6.45, 7) is 6.25. The van der Waals surface area contributed by atoms with E-state index in [9.17, 15) is 9.59 Å². The van der Waals surface area contributed by atoms with Crippen molar-refractivity contribution < 1.29 is 14.3 Å². The summed E-state index contributed by atoms with van der Waals surface area (Å²) in [6.07, 6.45) is 0.998. The summed E-state index contributed by atoms with van der Waals surface area (Å²) in [6, 6.07) is 7.71. The highest BCUT2D eigenvalue weighted by Gasteiger charge is 2.27. The van der Waals surface area contributed by atoms with Crippen molar-refractivity contribution in [3.05, 3.63) is 29.8 Å². The maximum atomic E-state index is 12.5. The summed E-state index contributed by atoms with van der Waals surface area (Å²) in [5.74, 6) is 0.760. The largest absolute Gasteiger partial charge is 0.480 e. The van der Waals surface area contributed by atoms with Crippen LogP contribution < -0.4 is 4.74 Å². The number of carbonyl (C=O) groups is 2. The lowest BCUT2D eigenvalue weighted by molar-refractivity contribution is -0.142. The summed E-state index contributed by atoms with van der Waals surface area (Å²) in [5, 5.41) is 0.